The van der Waals surface area contributed by atoms with Crippen molar-refractivity contribution in [2.75, 3.05) is 13.2 Å². The van der Waals surface area contributed by atoms with Gasteiger partial charge in [0, 0.05) is 5.92 Å². The molecule has 4 heteroatoms. The molecule has 2 rings (SSSR count). The highest BCUT2D eigenvalue weighted by atomic mass is 28.2. The van der Waals surface area contributed by atoms with Crippen LogP contribution in [0, 0.1) is 5.92 Å². The molecule has 0 spiro atoms. The van der Waals surface area contributed by atoms with Gasteiger partial charge in [-0.1, -0.05) is 30.3 Å². The van der Waals surface area contributed by atoms with Crippen molar-refractivity contribution in [1.82, 2.24) is 0 Å². The van der Waals surface area contributed by atoms with E-state index in [4.69, 9.17) is 9.16 Å². The minimum absolute atomic E-state index is 0.0851. The first-order valence-electron chi connectivity index (χ1n) is 5.62. The molecule has 0 saturated carbocycles. The highest BCUT2D eigenvalue weighted by Gasteiger charge is 2.18. The van der Waals surface area contributed by atoms with Crippen LogP contribution in [0.25, 0.3) is 0 Å². The van der Waals surface area contributed by atoms with Gasteiger partial charge >= 0.3 is 0 Å². The van der Waals surface area contributed by atoms with Crippen molar-refractivity contribution in [2.24, 2.45) is 5.92 Å². The summed E-state index contributed by atoms with van der Waals surface area (Å²) >= 11 is 0. The van der Waals surface area contributed by atoms with Gasteiger partial charge in [0.05, 0.1) is 19.6 Å². The number of benzene rings is 1. The van der Waals surface area contributed by atoms with Gasteiger partial charge in [0.15, 0.2) is 0 Å². The molecule has 1 aliphatic rings. The van der Waals surface area contributed by atoms with E-state index in [1.807, 2.05) is 30.3 Å². The van der Waals surface area contributed by atoms with Crippen LogP contribution in [0.4, 0.5) is 0 Å². The van der Waals surface area contributed by atoms with Crippen molar-refractivity contribution in [3.8, 4) is 0 Å². The zero-order valence-corrected chi connectivity index (χ0v) is 10.6. The number of carbonyl (C=O) groups excluding carboxylic acids is 1. The molecule has 0 unspecified atom stereocenters. The first kappa shape index (κ1) is 11.4. The van der Waals surface area contributed by atoms with Crippen LogP contribution in [-0.2, 0) is 20.4 Å². The summed E-state index contributed by atoms with van der Waals surface area (Å²) < 4.78 is 10.4. The van der Waals surface area contributed by atoms with Crippen LogP contribution in [0.5, 0.6) is 0 Å². The van der Waals surface area contributed by atoms with E-state index in [2.05, 4.69) is 0 Å². The zero-order valence-electron chi connectivity index (χ0n) is 9.22. The second-order valence-electron chi connectivity index (χ2n) is 4.08. The van der Waals surface area contributed by atoms with Crippen LogP contribution in [0.15, 0.2) is 30.3 Å². The molecule has 1 aliphatic heterocycles. The fourth-order valence-corrected chi connectivity index (χ4v) is 2.72. The van der Waals surface area contributed by atoms with Gasteiger partial charge in [0.25, 0.3) is 5.97 Å². The molecule has 0 radical (unpaired) electrons. The zero-order chi connectivity index (χ0) is 11.2. The summed E-state index contributed by atoms with van der Waals surface area (Å²) in [6.45, 7) is 1.70. The summed E-state index contributed by atoms with van der Waals surface area (Å²) in [6.07, 6.45) is 0.398. The smallest absolute Gasteiger partial charge is 0.296 e. The SMILES string of the molecule is O=C(Cc1ccccc1)O[SiH2]CC1COC1. The molecule has 86 valence electrons. The van der Waals surface area contributed by atoms with Gasteiger partial charge in [0.1, 0.15) is 0 Å². The average Bonchev–Trinajstić information content (AvgIpc) is 2.23. The maximum atomic E-state index is 11.5. The molecule has 0 amide bonds. The van der Waals surface area contributed by atoms with E-state index in [1.165, 1.54) is 0 Å². The Bertz CT molecular complexity index is 335. The lowest BCUT2D eigenvalue weighted by molar-refractivity contribution is -0.133. The first-order valence-corrected chi connectivity index (χ1v) is 7.19. The van der Waals surface area contributed by atoms with Crippen LogP contribution in [0.1, 0.15) is 5.56 Å². The summed E-state index contributed by atoms with van der Waals surface area (Å²) in [4.78, 5) is 11.5. The molecule has 0 aromatic heterocycles. The highest BCUT2D eigenvalue weighted by molar-refractivity contribution is 6.30. The largest absolute Gasteiger partial charge is 0.525 e. The Kier molecular flexibility index (Phi) is 4.13. The summed E-state index contributed by atoms with van der Waals surface area (Å²) in [5, 5.41) is 0. The fraction of sp³-hybridized carbons (Fsp3) is 0.417. The molecular formula is C12H16O3Si. The summed E-state index contributed by atoms with van der Waals surface area (Å²) in [5.41, 5.74) is 1.02. The Labute approximate surface area is 97.7 Å². The second-order valence-corrected chi connectivity index (χ2v) is 5.35. The number of carbonyl (C=O) groups is 1. The molecule has 1 aromatic carbocycles. The van der Waals surface area contributed by atoms with Gasteiger partial charge in [-0.05, 0) is 11.6 Å². The lowest BCUT2D eigenvalue weighted by atomic mass is 10.1. The standard InChI is InChI=1S/C12H16O3Si/c13-12(6-10-4-2-1-3-5-10)15-16-9-11-7-14-8-11/h1-5,11H,6-9,16H2. The third kappa shape index (κ3) is 3.47. The molecule has 1 saturated heterocycles. The Morgan fingerprint density at radius 1 is 1.38 bits per heavy atom. The van der Waals surface area contributed by atoms with Crippen LogP contribution in [-0.4, -0.2) is 28.9 Å². The van der Waals surface area contributed by atoms with Crippen LogP contribution >= 0.6 is 0 Å². The van der Waals surface area contributed by atoms with Crippen molar-refractivity contribution < 1.29 is 14.0 Å². The molecule has 0 atom stereocenters. The van der Waals surface area contributed by atoms with Crippen LogP contribution < -0.4 is 0 Å². The third-order valence-corrected chi connectivity index (χ3v) is 4.27. The van der Waals surface area contributed by atoms with E-state index >= 15 is 0 Å². The van der Waals surface area contributed by atoms with Crippen LogP contribution in [0.3, 0.4) is 0 Å². The van der Waals surface area contributed by atoms with E-state index in [0.717, 1.165) is 24.8 Å². The van der Waals surface area contributed by atoms with Crippen molar-refractivity contribution in [3.63, 3.8) is 0 Å². The molecule has 3 nitrogen and oxygen atoms in total. The van der Waals surface area contributed by atoms with Gasteiger partial charge < -0.3 is 9.16 Å². The lowest BCUT2D eigenvalue weighted by Gasteiger charge is -2.25. The van der Waals surface area contributed by atoms with Gasteiger partial charge in [-0.25, -0.2) is 0 Å². The predicted molar refractivity (Wildman–Crippen MR) is 63.9 cm³/mol. The Balaban J connectivity index is 1.64. The minimum Gasteiger partial charge on any atom is -0.525 e. The molecule has 0 aliphatic carbocycles. The monoisotopic (exact) mass is 236 g/mol. The number of ether oxygens (including phenoxy) is 1. The quantitative estimate of drug-likeness (QED) is 0.713. The Morgan fingerprint density at radius 3 is 2.75 bits per heavy atom. The van der Waals surface area contributed by atoms with Crippen molar-refractivity contribution in [3.05, 3.63) is 35.9 Å². The van der Waals surface area contributed by atoms with E-state index in [1.54, 1.807) is 0 Å². The third-order valence-electron chi connectivity index (χ3n) is 2.69. The molecule has 0 bridgehead atoms. The number of rotatable bonds is 5. The molecule has 16 heavy (non-hydrogen) atoms. The second kappa shape index (κ2) is 5.82. The predicted octanol–water partition coefficient (Wildman–Crippen LogP) is 0.921. The maximum Gasteiger partial charge on any atom is 0.296 e. The van der Waals surface area contributed by atoms with E-state index in [-0.39, 0.29) is 5.97 Å². The number of hydrogen-bond donors (Lipinski definition) is 0. The lowest BCUT2D eigenvalue weighted by Crippen LogP contribution is -2.29. The van der Waals surface area contributed by atoms with Gasteiger partial charge in [0.2, 0.25) is 9.76 Å². The topological polar surface area (TPSA) is 35.5 Å². The minimum atomic E-state index is -0.689. The first-order chi connectivity index (χ1) is 7.84. The van der Waals surface area contributed by atoms with Crippen molar-refractivity contribution in [2.45, 2.75) is 12.5 Å². The van der Waals surface area contributed by atoms with Crippen molar-refractivity contribution in [1.29, 1.82) is 0 Å². The van der Waals surface area contributed by atoms with E-state index in [0.29, 0.717) is 12.3 Å². The van der Waals surface area contributed by atoms with E-state index < -0.39 is 9.76 Å². The Morgan fingerprint density at radius 2 is 2.12 bits per heavy atom. The van der Waals surface area contributed by atoms with E-state index in [9.17, 15) is 4.79 Å². The van der Waals surface area contributed by atoms with Gasteiger partial charge in [-0.2, -0.15) is 0 Å². The fourth-order valence-electron chi connectivity index (χ4n) is 1.60. The average molecular weight is 236 g/mol. The normalized spacial score (nSPS) is 16.2. The molecular weight excluding hydrogens is 220 g/mol. The summed E-state index contributed by atoms with van der Waals surface area (Å²) in [7, 11) is -0.689. The summed E-state index contributed by atoms with van der Waals surface area (Å²) in [6, 6.07) is 10.8. The van der Waals surface area contributed by atoms with Gasteiger partial charge in [-0.3, -0.25) is 4.79 Å². The van der Waals surface area contributed by atoms with Gasteiger partial charge in [-0.15, -0.1) is 0 Å². The Hall–Kier alpha value is -1.13. The van der Waals surface area contributed by atoms with Crippen LogP contribution in [0.2, 0.25) is 6.04 Å². The molecule has 1 aromatic rings. The number of hydrogen-bond acceptors (Lipinski definition) is 3. The van der Waals surface area contributed by atoms with Crippen molar-refractivity contribution >= 4 is 15.7 Å². The highest BCUT2D eigenvalue weighted by Crippen LogP contribution is 2.14. The molecule has 0 N–H and O–H groups in total. The maximum absolute atomic E-state index is 11.5. The molecule has 1 heterocycles. The molecule has 1 fully saturated rings. The summed E-state index contributed by atoms with van der Waals surface area (Å²) in [5.74, 6) is 0.564.